The summed E-state index contributed by atoms with van der Waals surface area (Å²) < 4.78 is 0. The third kappa shape index (κ3) is 9.54. The van der Waals surface area contributed by atoms with E-state index < -0.39 is 47.9 Å². The van der Waals surface area contributed by atoms with Crippen molar-refractivity contribution in [2.45, 2.75) is 49.9 Å². The second-order valence-corrected chi connectivity index (χ2v) is 11.5. The molecule has 222 valence electrons. The molecule has 0 bridgehead atoms. The Bertz CT molecular complexity index is 1300. The molecule has 41 heavy (non-hydrogen) atoms. The molecular weight excluding hydrogens is 566 g/mol. The van der Waals surface area contributed by atoms with Crippen LogP contribution < -0.4 is 21.7 Å². The molecule has 0 saturated carbocycles. The molecule has 8 N–H and O–H groups in total. The van der Waals surface area contributed by atoms with Crippen LogP contribution in [0, 0.1) is 0 Å². The van der Waals surface area contributed by atoms with Gasteiger partial charge in [-0.3, -0.25) is 14.4 Å². The third-order valence-electron chi connectivity index (χ3n) is 6.54. The molecule has 0 spiro atoms. The first-order chi connectivity index (χ1) is 19.7. The first-order valence-electron chi connectivity index (χ1n) is 13.1. The van der Waals surface area contributed by atoms with Crippen LogP contribution in [-0.2, 0) is 32.0 Å². The van der Waals surface area contributed by atoms with E-state index in [0.29, 0.717) is 23.6 Å². The predicted molar refractivity (Wildman–Crippen MR) is 162 cm³/mol. The maximum absolute atomic E-state index is 13.6. The van der Waals surface area contributed by atoms with Gasteiger partial charge in [0.05, 0.1) is 12.4 Å². The van der Waals surface area contributed by atoms with Gasteiger partial charge in [0.15, 0.2) is 0 Å². The van der Waals surface area contributed by atoms with Gasteiger partial charge in [-0.25, -0.2) is 9.78 Å². The highest BCUT2D eigenvalue weighted by molar-refractivity contribution is 7.98. The smallest absolute Gasteiger partial charge is 0.326 e. The average molecular weight is 604 g/mol. The molecule has 14 heteroatoms. The van der Waals surface area contributed by atoms with Gasteiger partial charge >= 0.3 is 5.97 Å². The lowest BCUT2D eigenvalue weighted by Gasteiger charge is -2.25. The molecule has 3 aromatic rings. The van der Waals surface area contributed by atoms with Crippen LogP contribution in [0.1, 0.15) is 24.1 Å². The fraction of sp³-hybridized carbons (Fsp3) is 0.444. The number of amides is 3. The van der Waals surface area contributed by atoms with Crippen LogP contribution in [0.25, 0.3) is 10.9 Å². The minimum atomic E-state index is -1.16. The van der Waals surface area contributed by atoms with E-state index in [-0.39, 0.29) is 19.3 Å². The zero-order valence-corrected chi connectivity index (χ0v) is 24.6. The summed E-state index contributed by atoms with van der Waals surface area (Å²) in [6.07, 6.45) is 9.35. The molecule has 0 aliphatic heterocycles. The lowest BCUT2D eigenvalue weighted by Crippen LogP contribution is -2.58. The molecule has 0 fully saturated rings. The second kappa shape index (κ2) is 16.1. The van der Waals surface area contributed by atoms with E-state index in [1.54, 1.807) is 24.2 Å². The maximum atomic E-state index is 13.6. The molecule has 0 aliphatic rings. The van der Waals surface area contributed by atoms with Crippen LogP contribution in [0.4, 0.5) is 0 Å². The van der Waals surface area contributed by atoms with Gasteiger partial charge in [-0.2, -0.15) is 23.5 Å². The summed E-state index contributed by atoms with van der Waals surface area (Å²) in [5.74, 6) is -1.68. The molecule has 2 aromatic heterocycles. The molecule has 2 heterocycles. The highest BCUT2D eigenvalue weighted by atomic mass is 32.2. The van der Waals surface area contributed by atoms with E-state index in [0.717, 1.165) is 16.5 Å². The van der Waals surface area contributed by atoms with Crippen molar-refractivity contribution in [1.82, 2.24) is 30.9 Å². The number of thioether (sulfide) groups is 2. The summed E-state index contributed by atoms with van der Waals surface area (Å²) in [7, 11) is 0. The van der Waals surface area contributed by atoms with E-state index in [9.17, 15) is 24.3 Å². The summed E-state index contributed by atoms with van der Waals surface area (Å²) in [6, 6.07) is 3.43. The van der Waals surface area contributed by atoms with Crippen molar-refractivity contribution in [2.24, 2.45) is 5.73 Å². The van der Waals surface area contributed by atoms with Crippen molar-refractivity contribution in [3.05, 3.63) is 54.2 Å². The zero-order valence-electron chi connectivity index (χ0n) is 23.0. The number of carboxylic acids is 1. The van der Waals surface area contributed by atoms with Crippen molar-refractivity contribution in [2.75, 3.05) is 24.0 Å². The van der Waals surface area contributed by atoms with Gasteiger partial charge in [-0.1, -0.05) is 18.2 Å². The predicted octanol–water partition coefficient (Wildman–Crippen LogP) is 1.05. The molecule has 0 radical (unpaired) electrons. The number of aromatic amines is 2. The fourth-order valence-electron chi connectivity index (χ4n) is 4.25. The topological polar surface area (TPSA) is 195 Å². The number of nitrogens with two attached hydrogens (primary N) is 1. The molecular formula is C27H37N7O5S2. The molecule has 3 rings (SSSR count). The molecule has 4 atom stereocenters. The van der Waals surface area contributed by atoms with Gasteiger partial charge < -0.3 is 36.8 Å². The Hall–Kier alpha value is -3.49. The largest absolute Gasteiger partial charge is 0.480 e. The Morgan fingerprint density at radius 1 is 0.902 bits per heavy atom. The third-order valence-corrected chi connectivity index (χ3v) is 7.83. The number of benzene rings is 1. The van der Waals surface area contributed by atoms with Gasteiger partial charge in [0.25, 0.3) is 0 Å². The lowest BCUT2D eigenvalue weighted by atomic mass is 10.0. The van der Waals surface area contributed by atoms with Gasteiger partial charge in [-0.05, 0) is 48.5 Å². The highest BCUT2D eigenvalue weighted by Crippen LogP contribution is 2.19. The molecule has 0 aliphatic carbocycles. The number of imidazole rings is 1. The van der Waals surface area contributed by atoms with Crippen molar-refractivity contribution in [3.63, 3.8) is 0 Å². The first-order valence-corrected chi connectivity index (χ1v) is 15.9. The number of nitrogens with zero attached hydrogens (tertiary/aromatic N) is 1. The van der Waals surface area contributed by atoms with Crippen LogP contribution in [0.15, 0.2) is 43.0 Å². The van der Waals surface area contributed by atoms with Gasteiger partial charge in [0, 0.05) is 41.8 Å². The molecule has 4 unspecified atom stereocenters. The first kappa shape index (κ1) is 32.0. The summed E-state index contributed by atoms with van der Waals surface area (Å²) >= 11 is 3.03. The minimum absolute atomic E-state index is 0.0831. The van der Waals surface area contributed by atoms with Crippen LogP contribution in [0.5, 0.6) is 0 Å². The number of hydrogen-bond acceptors (Lipinski definition) is 8. The fourth-order valence-corrected chi connectivity index (χ4v) is 5.21. The van der Waals surface area contributed by atoms with E-state index in [1.807, 2.05) is 36.8 Å². The van der Waals surface area contributed by atoms with Gasteiger partial charge in [-0.15, -0.1) is 0 Å². The number of carbonyl (C=O) groups excluding carboxylic acids is 3. The van der Waals surface area contributed by atoms with Crippen molar-refractivity contribution < 1.29 is 24.3 Å². The Kier molecular flexibility index (Phi) is 12.6. The van der Waals surface area contributed by atoms with Crippen LogP contribution in [0.2, 0.25) is 0 Å². The number of fused-ring (bicyclic) bond motifs is 1. The lowest BCUT2D eigenvalue weighted by molar-refractivity contribution is -0.142. The Balaban J connectivity index is 1.85. The normalized spacial score (nSPS) is 14.1. The number of carboxylic acid groups (broad SMARTS) is 1. The van der Waals surface area contributed by atoms with Crippen molar-refractivity contribution in [1.29, 1.82) is 0 Å². The average Bonchev–Trinajstić information content (AvgIpc) is 3.63. The number of aromatic nitrogens is 3. The number of H-pyrrole nitrogens is 2. The summed E-state index contributed by atoms with van der Waals surface area (Å²) in [6.45, 7) is 0. The van der Waals surface area contributed by atoms with E-state index in [4.69, 9.17) is 5.73 Å². The standard InChI is InChI=1S/C27H37N7O5S2/c1-40-9-7-19(28)24(35)33-23(12-17-14-29-15-31-17)26(37)34-22(25(36)32-21(27(38)39)8-10-41-2)11-16-13-30-20-6-4-3-5-18(16)20/h3-6,13-15,19,21-23,30H,7-12,28H2,1-2H3,(H,29,31)(H,32,36)(H,33,35)(H,34,37)(H,38,39). The Labute approximate surface area is 246 Å². The van der Waals surface area contributed by atoms with Crippen LogP contribution in [-0.4, -0.2) is 91.9 Å². The van der Waals surface area contributed by atoms with Crippen LogP contribution >= 0.6 is 23.5 Å². The van der Waals surface area contributed by atoms with Crippen LogP contribution in [0.3, 0.4) is 0 Å². The molecule has 12 nitrogen and oxygen atoms in total. The number of rotatable bonds is 17. The van der Waals surface area contributed by atoms with Crippen molar-refractivity contribution in [3.8, 4) is 0 Å². The van der Waals surface area contributed by atoms with Gasteiger partial charge in [0.1, 0.15) is 18.1 Å². The zero-order chi connectivity index (χ0) is 29.8. The number of aliphatic carboxylic acids is 1. The number of para-hydroxylation sites is 1. The Morgan fingerprint density at radius 3 is 2.20 bits per heavy atom. The van der Waals surface area contributed by atoms with E-state index in [1.165, 1.54) is 18.1 Å². The highest BCUT2D eigenvalue weighted by Gasteiger charge is 2.31. The summed E-state index contributed by atoms with van der Waals surface area (Å²) in [5, 5.41) is 18.6. The monoisotopic (exact) mass is 603 g/mol. The molecule has 0 saturated heterocycles. The summed E-state index contributed by atoms with van der Waals surface area (Å²) in [4.78, 5) is 61.8. The second-order valence-electron chi connectivity index (χ2n) is 9.54. The quantitative estimate of drug-likeness (QED) is 0.118. The Morgan fingerprint density at radius 2 is 1.54 bits per heavy atom. The van der Waals surface area contributed by atoms with E-state index in [2.05, 4.69) is 30.9 Å². The summed E-state index contributed by atoms with van der Waals surface area (Å²) in [5.41, 5.74) is 8.27. The molecule has 1 aromatic carbocycles. The SMILES string of the molecule is CSCCC(N)C(=O)NC(Cc1cnc[nH]1)C(=O)NC(Cc1c[nH]c2ccccc12)C(=O)NC(CCSC)C(=O)O. The van der Waals surface area contributed by atoms with E-state index >= 15 is 0 Å². The maximum Gasteiger partial charge on any atom is 0.326 e. The number of carbonyl (C=O) groups is 4. The number of nitrogens with one attached hydrogen (secondary N) is 5. The van der Waals surface area contributed by atoms with Crippen molar-refractivity contribution >= 4 is 58.1 Å². The minimum Gasteiger partial charge on any atom is -0.480 e. The number of hydrogen-bond donors (Lipinski definition) is 7. The van der Waals surface area contributed by atoms with Gasteiger partial charge in [0.2, 0.25) is 17.7 Å². The molecule has 3 amide bonds.